The van der Waals surface area contributed by atoms with Gasteiger partial charge in [0.25, 0.3) is 0 Å². The number of rotatable bonds is 8. The summed E-state index contributed by atoms with van der Waals surface area (Å²) in [5.41, 5.74) is 2.31. The second-order valence-electron chi connectivity index (χ2n) is 7.93. The first-order chi connectivity index (χ1) is 16.5. The van der Waals surface area contributed by atoms with E-state index in [1.807, 2.05) is 58.5 Å². The number of amides is 2. The molecule has 0 saturated carbocycles. The van der Waals surface area contributed by atoms with E-state index in [1.54, 1.807) is 12.1 Å². The molecule has 1 aliphatic rings. The molecule has 1 aliphatic heterocycles. The number of benzene rings is 2. The topological polar surface area (TPSA) is 74.8 Å². The van der Waals surface area contributed by atoms with Crippen LogP contribution in [-0.4, -0.2) is 65.9 Å². The van der Waals surface area contributed by atoms with Crippen molar-refractivity contribution in [3.05, 3.63) is 64.6 Å². The molecule has 0 unspecified atom stereocenters. The zero-order valence-electron chi connectivity index (χ0n) is 19.0. The molecule has 34 heavy (non-hydrogen) atoms. The van der Waals surface area contributed by atoms with Gasteiger partial charge in [0.1, 0.15) is 10.8 Å². The fraction of sp³-hybridized carbons (Fsp3) is 0.320. The van der Waals surface area contributed by atoms with Crippen LogP contribution in [0.15, 0.2) is 53.9 Å². The highest BCUT2D eigenvalue weighted by molar-refractivity contribution is 7.13. The minimum absolute atomic E-state index is 0.0510. The molecule has 0 atom stereocenters. The molecule has 2 aromatic carbocycles. The number of hydrogen-bond donors (Lipinski definition) is 1. The summed E-state index contributed by atoms with van der Waals surface area (Å²) in [5, 5.41) is 6.14. The van der Waals surface area contributed by atoms with E-state index < -0.39 is 0 Å². The lowest BCUT2D eigenvalue weighted by molar-refractivity contribution is -0.132. The van der Waals surface area contributed by atoms with Crippen LogP contribution in [0.5, 0.6) is 5.75 Å². The Bertz CT molecular complexity index is 1140. The van der Waals surface area contributed by atoms with Gasteiger partial charge in [-0.05, 0) is 31.2 Å². The fourth-order valence-corrected chi connectivity index (χ4v) is 4.85. The van der Waals surface area contributed by atoms with Crippen LogP contribution in [0.25, 0.3) is 10.6 Å². The molecule has 7 nitrogen and oxygen atoms in total. The molecular formula is C25H27ClN4O3S. The van der Waals surface area contributed by atoms with Crippen LogP contribution in [0.4, 0.5) is 5.69 Å². The largest absolute Gasteiger partial charge is 0.493 e. The number of carbonyl (C=O) groups is 2. The molecule has 2 amide bonds. The summed E-state index contributed by atoms with van der Waals surface area (Å²) in [6.45, 7) is 5.26. The van der Waals surface area contributed by atoms with Crippen molar-refractivity contribution in [1.29, 1.82) is 0 Å². The number of para-hydroxylation sites is 2. The molecule has 1 fully saturated rings. The number of hydrogen-bond acceptors (Lipinski definition) is 6. The summed E-state index contributed by atoms with van der Waals surface area (Å²) in [7, 11) is 0. The number of aromatic nitrogens is 1. The number of nitrogens with zero attached hydrogens (tertiary/aromatic N) is 3. The van der Waals surface area contributed by atoms with Crippen molar-refractivity contribution in [1.82, 2.24) is 14.8 Å². The van der Waals surface area contributed by atoms with Gasteiger partial charge >= 0.3 is 0 Å². The van der Waals surface area contributed by atoms with Crippen LogP contribution in [0.1, 0.15) is 12.6 Å². The van der Waals surface area contributed by atoms with E-state index in [9.17, 15) is 9.59 Å². The van der Waals surface area contributed by atoms with Crippen LogP contribution in [0.2, 0.25) is 5.02 Å². The Morgan fingerprint density at radius 3 is 2.59 bits per heavy atom. The standard InChI is InChI=1S/C25H27ClN4O3S/c1-2-33-22-10-6-3-7-19(22)25-27-18(17-34-25)15-24(32)30-13-11-29(12-14-30)16-23(31)28-21-9-5-4-8-20(21)26/h3-10,17H,2,11-16H2,1H3,(H,28,31). The molecule has 1 saturated heterocycles. The lowest BCUT2D eigenvalue weighted by atomic mass is 10.2. The normalized spacial score (nSPS) is 14.1. The van der Waals surface area contributed by atoms with E-state index in [0.717, 1.165) is 22.0 Å². The van der Waals surface area contributed by atoms with Crippen LogP contribution >= 0.6 is 22.9 Å². The first kappa shape index (κ1) is 24.2. The van der Waals surface area contributed by atoms with Crippen molar-refractivity contribution >= 4 is 40.4 Å². The van der Waals surface area contributed by atoms with E-state index in [2.05, 4.69) is 10.3 Å². The van der Waals surface area contributed by atoms with Crippen molar-refractivity contribution in [2.24, 2.45) is 0 Å². The molecule has 0 spiro atoms. The SMILES string of the molecule is CCOc1ccccc1-c1nc(CC(=O)N2CCN(CC(=O)Nc3ccccc3Cl)CC2)cs1. The maximum Gasteiger partial charge on any atom is 0.238 e. The maximum absolute atomic E-state index is 12.8. The Labute approximate surface area is 208 Å². The Balaban J connectivity index is 1.27. The molecule has 178 valence electrons. The number of ether oxygens (including phenoxy) is 1. The van der Waals surface area contributed by atoms with Gasteiger partial charge in [0.2, 0.25) is 11.8 Å². The predicted octanol–water partition coefficient (Wildman–Crippen LogP) is 4.19. The van der Waals surface area contributed by atoms with Crippen molar-refractivity contribution in [3.8, 4) is 16.3 Å². The van der Waals surface area contributed by atoms with Gasteiger partial charge in [-0.1, -0.05) is 35.9 Å². The van der Waals surface area contributed by atoms with Crippen molar-refractivity contribution < 1.29 is 14.3 Å². The molecular weight excluding hydrogens is 472 g/mol. The van der Waals surface area contributed by atoms with E-state index in [1.165, 1.54) is 11.3 Å². The molecule has 0 aliphatic carbocycles. The van der Waals surface area contributed by atoms with E-state index in [0.29, 0.717) is 43.5 Å². The summed E-state index contributed by atoms with van der Waals surface area (Å²) < 4.78 is 5.71. The minimum atomic E-state index is -0.116. The monoisotopic (exact) mass is 498 g/mol. The lowest BCUT2D eigenvalue weighted by Gasteiger charge is -2.34. The van der Waals surface area contributed by atoms with Gasteiger partial charge in [0.05, 0.1) is 41.5 Å². The first-order valence-corrected chi connectivity index (χ1v) is 12.5. The van der Waals surface area contributed by atoms with Crippen LogP contribution in [0, 0.1) is 0 Å². The molecule has 9 heteroatoms. The molecule has 3 aromatic rings. The van der Waals surface area contributed by atoms with Gasteiger partial charge in [0, 0.05) is 31.6 Å². The van der Waals surface area contributed by atoms with Gasteiger partial charge in [-0.15, -0.1) is 11.3 Å². The smallest absolute Gasteiger partial charge is 0.238 e. The Morgan fingerprint density at radius 1 is 1.09 bits per heavy atom. The zero-order valence-corrected chi connectivity index (χ0v) is 20.6. The highest BCUT2D eigenvalue weighted by atomic mass is 35.5. The van der Waals surface area contributed by atoms with E-state index in [4.69, 9.17) is 16.3 Å². The third-order valence-electron chi connectivity index (χ3n) is 5.54. The third kappa shape index (κ3) is 6.14. The summed E-state index contributed by atoms with van der Waals surface area (Å²) >= 11 is 7.62. The Kier molecular flexibility index (Phi) is 8.16. The van der Waals surface area contributed by atoms with Gasteiger partial charge in [-0.25, -0.2) is 4.98 Å². The van der Waals surface area contributed by atoms with Crippen LogP contribution in [-0.2, 0) is 16.0 Å². The number of halogens is 1. The Morgan fingerprint density at radius 2 is 1.82 bits per heavy atom. The summed E-state index contributed by atoms with van der Waals surface area (Å²) in [4.78, 5) is 33.8. The average molecular weight is 499 g/mol. The number of carbonyl (C=O) groups excluding carboxylic acids is 2. The predicted molar refractivity (Wildman–Crippen MR) is 136 cm³/mol. The number of anilines is 1. The second-order valence-corrected chi connectivity index (χ2v) is 9.20. The molecule has 2 heterocycles. The van der Waals surface area contributed by atoms with Crippen molar-refractivity contribution in [3.63, 3.8) is 0 Å². The quantitative estimate of drug-likeness (QED) is 0.504. The van der Waals surface area contributed by atoms with Gasteiger partial charge in [-0.3, -0.25) is 14.5 Å². The van der Waals surface area contributed by atoms with E-state index in [-0.39, 0.29) is 24.8 Å². The van der Waals surface area contributed by atoms with Crippen molar-refractivity contribution in [2.45, 2.75) is 13.3 Å². The lowest BCUT2D eigenvalue weighted by Crippen LogP contribution is -2.50. The van der Waals surface area contributed by atoms with Gasteiger partial charge < -0.3 is 15.0 Å². The summed E-state index contributed by atoms with van der Waals surface area (Å²) in [6.07, 6.45) is 0.264. The molecule has 0 bridgehead atoms. The van der Waals surface area contributed by atoms with Gasteiger partial charge in [-0.2, -0.15) is 0 Å². The summed E-state index contributed by atoms with van der Waals surface area (Å²) in [5.74, 6) is 0.734. The molecule has 1 aromatic heterocycles. The molecule has 4 rings (SSSR count). The highest BCUT2D eigenvalue weighted by Crippen LogP contribution is 2.32. The van der Waals surface area contributed by atoms with Crippen LogP contribution < -0.4 is 10.1 Å². The maximum atomic E-state index is 12.8. The third-order valence-corrected chi connectivity index (χ3v) is 6.80. The first-order valence-electron chi connectivity index (χ1n) is 11.2. The molecule has 1 N–H and O–H groups in total. The molecule has 0 radical (unpaired) electrons. The minimum Gasteiger partial charge on any atom is -0.493 e. The number of nitrogens with one attached hydrogen (secondary N) is 1. The van der Waals surface area contributed by atoms with Gasteiger partial charge in [0.15, 0.2) is 0 Å². The summed E-state index contributed by atoms with van der Waals surface area (Å²) in [6, 6.07) is 15.0. The zero-order chi connectivity index (χ0) is 23.9. The number of piperazine rings is 1. The average Bonchev–Trinajstić information content (AvgIpc) is 3.30. The number of thiazole rings is 1. The Hall–Kier alpha value is -2.94. The van der Waals surface area contributed by atoms with E-state index >= 15 is 0 Å². The second kappa shape index (κ2) is 11.5. The fourth-order valence-electron chi connectivity index (χ4n) is 3.81. The van der Waals surface area contributed by atoms with Crippen molar-refractivity contribution in [2.75, 3.05) is 44.6 Å². The van der Waals surface area contributed by atoms with Crippen LogP contribution in [0.3, 0.4) is 0 Å². The highest BCUT2D eigenvalue weighted by Gasteiger charge is 2.23.